The number of esters is 1. The number of carbonyl (C=O) groups is 1. The SMILES string of the molecule is CCOC(=O)c1cc(Br)c2nc(-c3ccccc3)[nH]c2c1. The lowest BCUT2D eigenvalue weighted by Crippen LogP contribution is -2.04. The van der Waals surface area contributed by atoms with Crippen LogP contribution in [0.15, 0.2) is 46.9 Å². The molecule has 0 aliphatic carbocycles. The molecule has 0 saturated heterocycles. The molecule has 1 heterocycles. The molecule has 0 spiro atoms. The number of imidazole rings is 1. The lowest BCUT2D eigenvalue weighted by atomic mass is 10.2. The predicted octanol–water partition coefficient (Wildman–Crippen LogP) is 4.17. The summed E-state index contributed by atoms with van der Waals surface area (Å²) in [6, 6.07) is 13.3. The molecule has 0 aliphatic rings. The van der Waals surface area contributed by atoms with Gasteiger partial charge in [-0.15, -0.1) is 0 Å². The Labute approximate surface area is 130 Å². The van der Waals surface area contributed by atoms with Gasteiger partial charge in [-0.25, -0.2) is 9.78 Å². The van der Waals surface area contributed by atoms with Crippen LogP contribution in [-0.4, -0.2) is 22.5 Å². The van der Waals surface area contributed by atoms with Gasteiger partial charge < -0.3 is 9.72 Å². The van der Waals surface area contributed by atoms with Gasteiger partial charge in [0.15, 0.2) is 0 Å². The van der Waals surface area contributed by atoms with Crippen LogP contribution in [0.3, 0.4) is 0 Å². The zero-order chi connectivity index (χ0) is 14.8. The maximum Gasteiger partial charge on any atom is 0.338 e. The number of aromatic amines is 1. The van der Waals surface area contributed by atoms with Gasteiger partial charge in [0.1, 0.15) is 11.3 Å². The maximum atomic E-state index is 11.8. The highest BCUT2D eigenvalue weighted by Gasteiger charge is 2.13. The molecule has 0 amide bonds. The molecule has 3 aromatic rings. The molecule has 0 radical (unpaired) electrons. The molecule has 0 saturated carbocycles. The van der Waals surface area contributed by atoms with E-state index in [-0.39, 0.29) is 5.97 Å². The molecule has 0 aliphatic heterocycles. The molecule has 21 heavy (non-hydrogen) atoms. The third-order valence-corrected chi connectivity index (χ3v) is 3.70. The van der Waals surface area contributed by atoms with Crippen molar-refractivity contribution >= 4 is 32.9 Å². The Morgan fingerprint density at radius 1 is 1.29 bits per heavy atom. The van der Waals surface area contributed by atoms with E-state index >= 15 is 0 Å². The van der Waals surface area contributed by atoms with Gasteiger partial charge in [-0.1, -0.05) is 30.3 Å². The quantitative estimate of drug-likeness (QED) is 0.725. The van der Waals surface area contributed by atoms with Crippen molar-refractivity contribution in [3.05, 3.63) is 52.5 Å². The maximum absolute atomic E-state index is 11.8. The van der Waals surface area contributed by atoms with Crippen LogP contribution in [0.5, 0.6) is 0 Å². The second-order valence-electron chi connectivity index (χ2n) is 4.53. The molecule has 1 N–H and O–H groups in total. The van der Waals surface area contributed by atoms with Gasteiger partial charge in [-0.3, -0.25) is 0 Å². The number of ether oxygens (including phenoxy) is 1. The average Bonchev–Trinajstić information content (AvgIpc) is 2.93. The van der Waals surface area contributed by atoms with Crippen molar-refractivity contribution in [1.82, 2.24) is 9.97 Å². The van der Waals surface area contributed by atoms with Crippen LogP contribution in [-0.2, 0) is 4.74 Å². The number of halogens is 1. The molecule has 4 nitrogen and oxygen atoms in total. The third kappa shape index (κ3) is 2.69. The summed E-state index contributed by atoms with van der Waals surface area (Å²) < 4.78 is 5.79. The van der Waals surface area contributed by atoms with Crippen molar-refractivity contribution in [3.8, 4) is 11.4 Å². The Hall–Kier alpha value is -2.14. The first kappa shape index (κ1) is 13.8. The standard InChI is InChI=1S/C16H13BrN2O2/c1-2-21-16(20)11-8-12(17)14-13(9-11)18-15(19-14)10-6-4-3-5-7-10/h3-9H,2H2,1H3,(H,18,19). The van der Waals surface area contributed by atoms with Gasteiger partial charge in [0.05, 0.1) is 17.7 Å². The summed E-state index contributed by atoms with van der Waals surface area (Å²) in [7, 11) is 0. The highest BCUT2D eigenvalue weighted by molar-refractivity contribution is 9.10. The monoisotopic (exact) mass is 344 g/mol. The van der Waals surface area contributed by atoms with Gasteiger partial charge in [0.2, 0.25) is 0 Å². The van der Waals surface area contributed by atoms with Crippen molar-refractivity contribution in [2.45, 2.75) is 6.92 Å². The minimum atomic E-state index is -0.337. The Balaban J connectivity index is 2.09. The minimum Gasteiger partial charge on any atom is -0.462 e. The highest BCUT2D eigenvalue weighted by atomic mass is 79.9. The topological polar surface area (TPSA) is 55.0 Å². The van der Waals surface area contributed by atoms with Gasteiger partial charge >= 0.3 is 5.97 Å². The van der Waals surface area contributed by atoms with E-state index in [9.17, 15) is 4.79 Å². The van der Waals surface area contributed by atoms with Crippen LogP contribution in [0.1, 0.15) is 17.3 Å². The van der Waals surface area contributed by atoms with Crippen LogP contribution >= 0.6 is 15.9 Å². The number of aromatic nitrogens is 2. The molecule has 106 valence electrons. The molecule has 0 atom stereocenters. The zero-order valence-corrected chi connectivity index (χ0v) is 13.0. The van der Waals surface area contributed by atoms with E-state index in [1.54, 1.807) is 19.1 Å². The van der Waals surface area contributed by atoms with Gasteiger partial charge in [0.25, 0.3) is 0 Å². The lowest BCUT2D eigenvalue weighted by Gasteiger charge is -2.02. The Kier molecular flexibility index (Phi) is 3.75. The minimum absolute atomic E-state index is 0.337. The summed E-state index contributed by atoms with van der Waals surface area (Å²) in [6.45, 7) is 2.14. The van der Waals surface area contributed by atoms with Crippen molar-refractivity contribution in [2.75, 3.05) is 6.61 Å². The van der Waals surface area contributed by atoms with Gasteiger partial charge in [0, 0.05) is 10.0 Å². The van der Waals surface area contributed by atoms with Crippen LogP contribution in [0.2, 0.25) is 0 Å². The second-order valence-corrected chi connectivity index (χ2v) is 5.38. The van der Waals surface area contributed by atoms with Gasteiger partial charge in [-0.05, 0) is 35.0 Å². The van der Waals surface area contributed by atoms with E-state index in [4.69, 9.17) is 4.74 Å². The molecule has 5 heteroatoms. The smallest absolute Gasteiger partial charge is 0.338 e. The summed E-state index contributed by atoms with van der Waals surface area (Å²) in [4.78, 5) is 19.7. The molecule has 0 bridgehead atoms. The van der Waals surface area contributed by atoms with E-state index in [1.807, 2.05) is 30.3 Å². The van der Waals surface area contributed by atoms with Crippen molar-refractivity contribution < 1.29 is 9.53 Å². The lowest BCUT2D eigenvalue weighted by molar-refractivity contribution is 0.0526. The number of carbonyl (C=O) groups excluding carboxylic acids is 1. The highest BCUT2D eigenvalue weighted by Crippen LogP contribution is 2.27. The molecular weight excluding hydrogens is 332 g/mol. The number of H-pyrrole nitrogens is 1. The largest absolute Gasteiger partial charge is 0.462 e. The van der Waals surface area contributed by atoms with Crippen LogP contribution < -0.4 is 0 Å². The number of hydrogen-bond donors (Lipinski definition) is 1. The number of hydrogen-bond acceptors (Lipinski definition) is 3. The van der Waals surface area contributed by atoms with E-state index in [1.165, 1.54) is 0 Å². The van der Waals surface area contributed by atoms with E-state index in [2.05, 4.69) is 25.9 Å². The van der Waals surface area contributed by atoms with E-state index < -0.39 is 0 Å². The zero-order valence-electron chi connectivity index (χ0n) is 11.4. The number of fused-ring (bicyclic) bond motifs is 1. The average molecular weight is 345 g/mol. The van der Waals surface area contributed by atoms with E-state index in [0.29, 0.717) is 12.2 Å². The molecule has 0 fully saturated rings. The first-order valence-electron chi connectivity index (χ1n) is 6.61. The predicted molar refractivity (Wildman–Crippen MR) is 85.2 cm³/mol. The van der Waals surface area contributed by atoms with Gasteiger partial charge in [-0.2, -0.15) is 0 Å². The van der Waals surface area contributed by atoms with Crippen LogP contribution in [0.25, 0.3) is 22.4 Å². The molecule has 1 aromatic heterocycles. The number of rotatable bonds is 3. The summed E-state index contributed by atoms with van der Waals surface area (Å²) >= 11 is 3.46. The van der Waals surface area contributed by atoms with Crippen LogP contribution in [0, 0.1) is 0 Å². The van der Waals surface area contributed by atoms with Crippen molar-refractivity contribution in [2.24, 2.45) is 0 Å². The van der Waals surface area contributed by atoms with Crippen LogP contribution in [0.4, 0.5) is 0 Å². The summed E-state index contributed by atoms with van der Waals surface area (Å²) in [6.07, 6.45) is 0. The summed E-state index contributed by atoms with van der Waals surface area (Å²) in [5.41, 5.74) is 3.09. The number of nitrogens with zero attached hydrogens (tertiary/aromatic N) is 1. The fraction of sp³-hybridized carbons (Fsp3) is 0.125. The molecule has 0 unspecified atom stereocenters. The Morgan fingerprint density at radius 2 is 2.05 bits per heavy atom. The molecular formula is C16H13BrN2O2. The third-order valence-electron chi connectivity index (χ3n) is 3.10. The Bertz CT molecular complexity index is 797. The fourth-order valence-corrected chi connectivity index (χ4v) is 2.69. The number of benzene rings is 2. The van der Waals surface area contributed by atoms with Crippen molar-refractivity contribution in [3.63, 3.8) is 0 Å². The summed E-state index contributed by atoms with van der Waals surface area (Å²) in [5, 5.41) is 0. The van der Waals surface area contributed by atoms with E-state index in [0.717, 1.165) is 26.9 Å². The van der Waals surface area contributed by atoms with Crippen molar-refractivity contribution in [1.29, 1.82) is 0 Å². The molecule has 3 rings (SSSR count). The number of nitrogens with one attached hydrogen (secondary N) is 1. The Morgan fingerprint density at radius 3 is 2.76 bits per heavy atom. The normalized spacial score (nSPS) is 10.8. The first-order valence-corrected chi connectivity index (χ1v) is 7.40. The second kappa shape index (κ2) is 5.69. The molecule has 2 aromatic carbocycles. The fourth-order valence-electron chi connectivity index (χ4n) is 2.14. The summed E-state index contributed by atoms with van der Waals surface area (Å²) in [5.74, 6) is 0.434. The first-order chi connectivity index (χ1) is 10.2.